The molecular formula is C17H27NO2. The molecule has 0 radical (unpaired) electrons. The van der Waals surface area contributed by atoms with Gasteiger partial charge in [0.1, 0.15) is 6.04 Å². The van der Waals surface area contributed by atoms with E-state index in [1.165, 1.54) is 0 Å². The second-order valence-electron chi connectivity index (χ2n) is 6.12. The number of hydrogen-bond acceptors (Lipinski definition) is 3. The van der Waals surface area contributed by atoms with Crippen LogP contribution in [0.3, 0.4) is 0 Å². The molecule has 1 aromatic carbocycles. The van der Waals surface area contributed by atoms with Crippen molar-refractivity contribution in [1.29, 1.82) is 0 Å². The second kappa shape index (κ2) is 7.44. The zero-order valence-corrected chi connectivity index (χ0v) is 13.3. The van der Waals surface area contributed by atoms with E-state index in [2.05, 4.69) is 33.0 Å². The molecule has 3 nitrogen and oxygen atoms in total. The monoisotopic (exact) mass is 277 g/mol. The van der Waals surface area contributed by atoms with Crippen LogP contribution in [0.4, 0.5) is 0 Å². The van der Waals surface area contributed by atoms with Gasteiger partial charge in [-0.25, -0.2) is 4.79 Å². The van der Waals surface area contributed by atoms with Gasteiger partial charge in [0, 0.05) is 6.54 Å². The van der Waals surface area contributed by atoms with Gasteiger partial charge in [0.15, 0.2) is 0 Å². The van der Waals surface area contributed by atoms with Crippen molar-refractivity contribution in [1.82, 2.24) is 5.32 Å². The van der Waals surface area contributed by atoms with Crippen LogP contribution in [0.1, 0.15) is 46.2 Å². The Morgan fingerprint density at radius 3 is 2.35 bits per heavy atom. The van der Waals surface area contributed by atoms with Crippen molar-refractivity contribution < 1.29 is 9.53 Å². The molecule has 0 amide bonds. The van der Waals surface area contributed by atoms with E-state index in [9.17, 15) is 4.79 Å². The van der Waals surface area contributed by atoms with Gasteiger partial charge >= 0.3 is 5.97 Å². The summed E-state index contributed by atoms with van der Waals surface area (Å²) in [6, 6.07) is 9.35. The molecule has 0 aliphatic rings. The van der Waals surface area contributed by atoms with Crippen LogP contribution in [0, 0.1) is 11.3 Å². The Hall–Kier alpha value is -1.35. The summed E-state index contributed by atoms with van der Waals surface area (Å²) < 4.78 is 5.18. The quantitative estimate of drug-likeness (QED) is 0.774. The SMILES string of the molecule is CCOC(=O)C(NCC(C)(C)C(C)C)c1ccccc1. The average molecular weight is 277 g/mol. The fraction of sp³-hybridized carbons (Fsp3) is 0.588. The summed E-state index contributed by atoms with van der Waals surface area (Å²) >= 11 is 0. The Morgan fingerprint density at radius 2 is 1.85 bits per heavy atom. The first-order valence-electron chi connectivity index (χ1n) is 7.33. The van der Waals surface area contributed by atoms with Gasteiger partial charge in [0.2, 0.25) is 0 Å². The molecule has 0 saturated carbocycles. The molecular weight excluding hydrogens is 250 g/mol. The Balaban J connectivity index is 2.82. The lowest BCUT2D eigenvalue weighted by Gasteiger charge is -2.31. The Kier molecular flexibility index (Phi) is 6.21. The maximum atomic E-state index is 12.1. The van der Waals surface area contributed by atoms with Crippen LogP contribution in [-0.2, 0) is 9.53 Å². The Morgan fingerprint density at radius 1 is 1.25 bits per heavy atom. The number of esters is 1. The van der Waals surface area contributed by atoms with E-state index in [1.54, 1.807) is 0 Å². The van der Waals surface area contributed by atoms with Gasteiger partial charge in [-0.2, -0.15) is 0 Å². The largest absolute Gasteiger partial charge is 0.465 e. The Labute approximate surface area is 122 Å². The molecule has 0 heterocycles. The predicted octanol–water partition coefficient (Wildman–Crippen LogP) is 3.56. The summed E-state index contributed by atoms with van der Waals surface area (Å²) in [4.78, 5) is 12.1. The van der Waals surface area contributed by atoms with Crippen molar-refractivity contribution in [2.75, 3.05) is 13.2 Å². The Bertz CT molecular complexity index is 412. The lowest BCUT2D eigenvalue weighted by molar-refractivity contribution is -0.146. The van der Waals surface area contributed by atoms with Gasteiger partial charge in [-0.3, -0.25) is 0 Å². The predicted molar refractivity (Wildman–Crippen MR) is 82.4 cm³/mol. The van der Waals surface area contributed by atoms with Gasteiger partial charge in [0.25, 0.3) is 0 Å². The van der Waals surface area contributed by atoms with Gasteiger partial charge in [-0.05, 0) is 23.8 Å². The first-order valence-corrected chi connectivity index (χ1v) is 7.33. The third-order valence-electron chi connectivity index (χ3n) is 3.98. The smallest absolute Gasteiger partial charge is 0.327 e. The first kappa shape index (κ1) is 16.7. The summed E-state index contributed by atoms with van der Waals surface area (Å²) in [6.07, 6.45) is 0. The number of ether oxygens (including phenoxy) is 1. The highest BCUT2D eigenvalue weighted by atomic mass is 16.5. The molecule has 0 saturated heterocycles. The number of carbonyl (C=O) groups is 1. The third-order valence-corrected chi connectivity index (χ3v) is 3.98. The van der Waals surface area contributed by atoms with E-state index in [1.807, 2.05) is 37.3 Å². The van der Waals surface area contributed by atoms with Crippen molar-refractivity contribution in [3.8, 4) is 0 Å². The number of rotatable bonds is 7. The lowest BCUT2D eigenvalue weighted by atomic mass is 9.81. The summed E-state index contributed by atoms with van der Waals surface area (Å²) in [5, 5.41) is 3.37. The van der Waals surface area contributed by atoms with Gasteiger partial charge < -0.3 is 10.1 Å². The highest BCUT2D eigenvalue weighted by Gasteiger charge is 2.27. The van der Waals surface area contributed by atoms with Crippen molar-refractivity contribution in [3.63, 3.8) is 0 Å². The number of benzene rings is 1. The molecule has 1 aromatic rings. The van der Waals surface area contributed by atoms with E-state index in [0.29, 0.717) is 12.5 Å². The highest BCUT2D eigenvalue weighted by Crippen LogP contribution is 2.26. The van der Waals surface area contributed by atoms with E-state index in [4.69, 9.17) is 4.74 Å². The topological polar surface area (TPSA) is 38.3 Å². The van der Waals surface area contributed by atoms with Crippen LogP contribution < -0.4 is 5.32 Å². The van der Waals surface area contributed by atoms with Crippen molar-refractivity contribution in [2.24, 2.45) is 11.3 Å². The average Bonchev–Trinajstić information content (AvgIpc) is 2.40. The first-order chi connectivity index (χ1) is 9.38. The van der Waals surface area contributed by atoms with Crippen molar-refractivity contribution in [2.45, 2.75) is 40.7 Å². The van der Waals surface area contributed by atoms with E-state index < -0.39 is 6.04 Å². The standard InChI is InChI=1S/C17H27NO2/c1-6-20-16(19)15(14-10-8-7-9-11-14)18-12-17(4,5)13(2)3/h7-11,13,15,18H,6,12H2,1-5H3. The molecule has 0 spiro atoms. The third kappa shape index (κ3) is 4.64. The highest BCUT2D eigenvalue weighted by molar-refractivity contribution is 5.77. The van der Waals surface area contributed by atoms with E-state index in [0.717, 1.165) is 12.1 Å². The maximum absolute atomic E-state index is 12.1. The van der Waals surface area contributed by atoms with E-state index in [-0.39, 0.29) is 11.4 Å². The fourth-order valence-corrected chi connectivity index (χ4v) is 1.78. The molecule has 112 valence electrons. The molecule has 0 aromatic heterocycles. The normalized spacial score (nSPS) is 13.3. The maximum Gasteiger partial charge on any atom is 0.327 e. The molecule has 0 bridgehead atoms. The number of carbonyl (C=O) groups excluding carboxylic acids is 1. The zero-order valence-electron chi connectivity index (χ0n) is 13.3. The molecule has 0 aliphatic heterocycles. The van der Waals surface area contributed by atoms with Gasteiger partial charge in [0.05, 0.1) is 6.61 Å². The number of hydrogen-bond donors (Lipinski definition) is 1. The van der Waals surface area contributed by atoms with Crippen molar-refractivity contribution in [3.05, 3.63) is 35.9 Å². The molecule has 1 atom stereocenters. The molecule has 1 rings (SSSR count). The molecule has 20 heavy (non-hydrogen) atoms. The van der Waals surface area contributed by atoms with Crippen LogP contribution in [0.15, 0.2) is 30.3 Å². The number of nitrogens with one attached hydrogen (secondary N) is 1. The van der Waals surface area contributed by atoms with Crippen LogP contribution in [0.25, 0.3) is 0 Å². The summed E-state index contributed by atoms with van der Waals surface area (Å²) in [6.45, 7) is 11.8. The second-order valence-corrected chi connectivity index (χ2v) is 6.12. The molecule has 1 N–H and O–H groups in total. The van der Waals surface area contributed by atoms with Crippen molar-refractivity contribution >= 4 is 5.97 Å². The molecule has 3 heteroatoms. The minimum absolute atomic E-state index is 0.125. The fourth-order valence-electron chi connectivity index (χ4n) is 1.78. The van der Waals surface area contributed by atoms with Crippen LogP contribution in [0.5, 0.6) is 0 Å². The van der Waals surface area contributed by atoms with Gasteiger partial charge in [-0.15, -0.1) is 0 Å². The molecule has 1 unspecified atom stereocenters. The van der Waals surface area contributed by atoms with Crippen LogP contribution in [-0.4, -0.2) is 19.1 Å². The van der Waals surface area contributed by atoms with Crippen LogP contribution >= 0.6 is 0 Å². The molecule has 0 fully saturated rings. The van der Waals surface area contributed by atoms with Gasteiger partial charge in [-0.1, -0.05) is 58.0 Å². The summed E-state index contributed by atoms with van der Waals surface area (Å²) in [7, 11) is 0. The minimum atomic E-state index is -0.394. The minimum Gasteiger partial charge on any atom is -0.465 e. The van der Waals surface area contributed by atoms with Crippen LogP contribution in [0.2, 0.25) is 0 Å². The van der Waals surface area contributed by atoms with E-state index >= 15 is 0 Å². The summed E-state index contributed by atoms with van der Waals surface area (Å²) in [5.74, 6) is 0.326. The summed E-state index contributed by atoms with van der Waals surface area (Å²) in [5.41, 5.74) is 1.07. The molecule has 0 aliphatic carbocycles. The zero-order chi connectivity index (χ0) is 15.2. The lowest BCUT2D eigenvalue weighted by Crippen LogP contribution is -2.39.